The zero-order valence-corrected chi connectivity index (χ0v) is 15.2. The van der Waals surface area contributed by atoms with Gasteiger partial charge in [0.15, 0.2) is 0 Å². The Labute approximate surface area is 159 Å². The summed E-state index contributed by atoms with van der Waals surface area (Å²) in [6, 6.07) is 7.54. The number of benzene rings is 2. The number of primary amides is 2. The van der Waals surface area contributed by atoms with Crippen molar-refractivity contribution in [1.29, 1.82) is 0 Å². The second-order valence-corrected chi connectivity index (χ2v) is 5.99. The van der Waals surface area contributed by atoms with Gasteiger partial charge in [-0.15, -0.1) is 0 Å². The number of halogens is 3. The van der Waals surface area contributed by atoms with E-state index in [1.165, 1.54) is 24.3 Å². The lowest BCUT2D eigenvalue weighted by atomic mass is 10.0. The lowest BCUT2D eigenvalue weighted by Crippen LogP contribution is -2.20. The number of phenolic OH excluding ortho intramolecular Hbond substituents is 1. The molecule has 0 unspecified atom stereocenters. The number of amides is 4. The summed E-state index contributed by atoms with van der Waals surface area (Å²) in [5, 5.41) is 14.6. The Morgan fingerprint density at radius 1 is 1.04 bits per heavy atom. The zero-order valence-electron chi connectivity index (χ0n) is 15.2. The first-order valence-electron chi connectivity index (χ1n) is 8.03. The van der Waals surface area contributed by atoms with Crippen molar-refractivity contribution >= 4 is 23.4 Å². The third-order valence-corrected chi connectivity index (χ3v) is 3.38. The van der Waals surface area contributed by atoms with Gasteiger partial charge in [-0.2, -0.15) is 13.2 Å². The number of nitrogens with one attached hydrogen (secondary N) is 2. The molecule has 0 bridgehead atoms. The summed E-state index contributed by atoms with van der Waals surface area (Å²) in [4.78, 5) is 20.9. The smallest absolute Gasteiger partial charge is 0.416 e. The Bertz CT molecular complexity index is 835. The van der Waals surface area contributed by atoms with Gasteiger partial charge in [-0.25, -0.2) is 9.59 Å². The van der Waals surface area contributed by atoms with Crippen molar-refractivity contribution in [3.63, 3.8) is 0 Å². The predicted molar refractivity (Wildman–Crippen MR) is 100 cm³/mol. The number of carbonyl (C=O) groups is 2. The van der Waals surface area contributed by atoms with Gasteiger partial charge in [0.1, 0.15) is 5.75 Å². The van der Waals surface area contributed by atoms with Crippen molar-refractivity contribution in [2.24, 2.45) is 11.5 Å². The fourth-order valence-corrected chi connectivity index (χ4v) is 2.07. The largest absolute Gasteiger partial charge is 0.506 e. The van der Waals surface area contributed by atoms with Crippen molar-refractivity contribution in [2.45, 2.75) is 25.9 Å². The van der Waals surface area contributed by atoms with E-state index in [-0.39, 0.29) is 23.0 Å². The summed E-state index contributed by atoms with van der Waals surface area (Å²) in [6.45, 7) is 3.92. The van der Waals surface area contributed by atoms with E-state index in [0.29, 0.717) is 0 Å². The van der Waals surface area contributed by atoms with E-state index in [9.17, 15) is 23.1 Å². The van der Waals surface area contributed by atoms with Crippen molar-refractivity contribution in [3.05, 3.63) is 53.6 Å². The maximum atomic E-state index is 12.6. The molecule has 152 valence electrons. The molecule has 0 heterocycles. The quantitative estimate of drug-likeness (QED) is 0.497. The number of hydrogen-bond acceptors (Lipinski definition) is 3. The first-order valence-corrected chi connectivity index (χ1v) is 8.03. The van der Waals surface area contributed by atoms with Gasteiger partial charge in [0, 0.05) is 5.69 Å². The van der Waals surface area contributed by atoms with Crippen LogP contribution in [0.2, 0.25) is 0 Å². The van der Waals surface area contributed by atoms with Crippen LogP contribution < -0.4 is 22.1 Å². The molecular formula is C18H21F3N4O3. The zero-order chi connectivity index (χ0) is 21.5. The van der Waals surface area contributed by atoms with E-state index in [0.717, 1.165) is 17.7 Å². The third-order valence-electron chi connectivity index (χ3n) is 3.38. The van der Waals surface area contributed by atoms with E-state index in [4.69, 9.17) is 4.79 Å². The van der Waals surface area contributed by atoms with Gasteiger partial charge < -0.3 is 27.2 Å². The number of rotatable bonds is 3. The van der Waals surface area contributed by atoms with Crippen LogP contribution in [0.5, 0.6) is 5.75 Å². The minimum atomic E-state index is -4.49. The summed E-state index contributed by atoms with van der Waals surface area (Å²) in [5.74, 6) is 0.101. The number of urea groups is 2. The Balaban J connectivity index is 0.000000892. The molecule has 2 rings (SSSR count). The van der Waals surface area contributed by atoms with Gasteiger partial charge in [-0.1, -0.05) is 26.0 Å². The van der Waals surface area contributed by atoms with E-state index < -0.39 is 23.8 Å². The van der Waals surface area contributed by atoms with Gasteiger partial charge in [0.25, 0.3) is 0 Å². The lowest BCUT2D eigenvalue weighted by Gasteiger charge is -2.13. The molecule has 0 spiro atoms. The molecule has 7 N–H and O–H groups in total. The first kappa shape index (κ1) is 22.6. The maximum absolute atomic E-state index is 12.6. The van der Waals surface area contributed by atoms with E-state index in [1.54, 1.807) is 6.07 Å². The van der Waals surface area contributed by atoms with Crippen LogP contribution in [-0.2, 0) is 6.18 Å². The second-order valence-electron chi connectivity index (χ2n) is 5.99. The van der Waals surface area contributed by atoms with Crippen LogP contribution in [0.3, 0.4) is 0 Å². The highest BCUT2D eigenvalue weighted by atomic mass is 19.4. The fourth-order valence-electron chi connectivity index (χ4n) is 2.07. The molecule has 0 aromatic heterocycles. The highest BCUT2D eigenvalue weighted by molar-refractivity contribution is 6.00. The normalized spacial score (nSPS) is 10.6. The molecule has 7 nitrogen and oxygen atoms in total. The van der Waals surface area contributed by atoms with Crippen LogP contribution >= 0.6 is 0 Å². The fraction of sp³-hybridized carbons (Fsp3) is 0.222. The molecule has 0 saturated heterocycles. The van der Waals surface area contributed by atoms with Gasteiger partial charge in [0.2, 0.25) is 0 Å². The number of nitrogens with two attached hydrogens (primary N) is 2. The number of anilines is 2. The van der Waals surface area contributed by atoms with Gasteiger partial charge in [-0.3, -0.25) is 0 Å². The van der Waals surface area contributed by atoms with Crippen LogP contribution in [0.25, 0.3) is 0 Å². The minimum absolute atomic E-state index is 0.000570. The standard InChI is InChI=1S/C17H17F3N2O2.CH4N2O/c1-10(2)11-6-7-14(15(23)8-11)22-16(24)21-13-5-3-4-12(9-13)17(18,19)20;2-1(3)4/h3-10,23H,1-2H3,(H2,21,22,24);(H4,2,3,4). The second kappa shape index (κ2) is 9.49. The highest BCUT2D eigenvalue weighted by Gasteiger charge is 2.30. The van der Waals surface area contributed by atoms with Crippen molar-refractivity contribution in [2.75, 3.05) is 10.6 Å². The minimum Gasteiger partial charge on any atom is -0.506 e. The average Bonchev–Trinajstić information content (AvgIpc) is 2.55. The molecule has 0 aliphatic heterocycles. The lowest BCUT2D eigenvalue weighted by molar-refractivity contribution is -0.137. The van der Waals surface area contributed by atoms with Crippen molar-refractivity contribution in [3.8, 4) is 5.75 Å². The van der Waals surface area contributed by atoms with Crippen molar-refractivity contribution in [1.82, 2.24) is 0 Å². The molecule has 28 heavy (non-hydrogen) atoms. The van der Waals surface area contributed by atoms with E-state index in [1.807, 2.05) is 13.8 Å². The Hall–Kier alpha value is -3.43. The van der Waals surface area contributed by atoms with E-state index in [2.05, 4.69) is 22.1 Å². The highest BCUT2D eigenvalue weighted by Crippen LogP contribution is 2.31. The molecular weight excluding hydrogens is 377 g/mol. The predicted octanol–water partition coefficient (Wildman–Crippen LogP) is 4.20. The number of alkyl halides is 3. The molecule has 0 aliphatic carbocycles. The number of carbonyl (C=O) groups excluding carboxylic acids is 2. The molecule has 4 amide bonds. The van der Waals surface area contributed by atoms with Crippen LogP contribution in [-0.4, -0.2) is 17.2 Å². The molecule has 0 saturated carbocycles. The number of hydrogen-bond donors (Lipinski definition) is 5. The summed E-state index contributed by atoms with van der Waals surface area (Å²) in [7, 11) is 0. The third kappa shape index (κ3) is 7.44. The van der Waals surface area contributed by atoms with Crippen LogP contribution in [0, 0.1) is 0 Å². The molecule has 2 aromatic carbocycles. The Morgan fingerprint density at radius 2 is 1.64 bits per heavy atom. The summed E-state index contributed by atoms with van der Waals surface area (Å²) in [5.41, 5.74) is 8.71. The number of aromatic hydroxyl groups is 1. The van der Waals surface area contributed by atoms with Gasteiger partial charge in [-0.05, 0) is 41.8 Å². The maximum Gasteiger partial charge on any atom is 0.416 e. The van der Waals surface area contributed by atoms with Crippen molar-refractivity contribution < 1.29 is 27.9 Å². The Kier molecular flexibility index (Phi) is 7.66. The monoisotopic (exact) mass is 398 g/mol. The van der Waals surface area contributed by atoms with Crippen LogP contribution in [0.15, 0.2) is 42.5 Å². The molecule has 0 fully saturated rings. The van der Waals surface area contributed by atoms with Crippen LogP contribution in [0.4, 0.5) is 34.1 Å². The topological polar surface area (TPSA) is 130 Å². The Morgan fingerprint density at radius 3 is 2.14 bits per heavy atom. The van der Waals surface area contributed by atoms with Gasteiger partial charge in [0.05, 0.1) is 11.3 Å². The molecule has 10 heteroatoms. The van der Waals surface area contributed by atoms with E-state index >= 15 is 0 Å². The SMILES string of the molecule is CC(C)c1ccc(NC(=O)Nc2cccc(C(F)(F)F)c2)c(O)c1.NC(N)=O. The summed E-state index contributed by atoms with van der Waals surface area (Å²) in [6.07, 6.45) is -4.49. The molecule has 0 radical (unpaired) electrons. The number of phenols is 1. The average molecular weight is 398 g/mol. The molecule has 0 atom stereocenters. The first-order chi connectivity index (χ1) is 12.9. The molecule has 0 aliphatic rings. The summed E-state index contributed by atoms with van der Waals surface area (Å²) >= 11 is 0. The van der Waals surface area contributed by atoms with Gasteiger partial charge >= 0.3 is 18.2 Å². The van der Waals surface area contributed by atoms with Crippen LogP contribution in [0.1, 0.15) is 30.9 Å². The summed E-state index contributed by atoms with van der Waals surface area (Å²) < 4.78 is 37.9. The molecule has 2 aromatic rings.